The van der Waals surface area contributed by atoms with Gasteiger partial charge in [-0.25, -0.2) is 9.80 Å². The highest BCUT2D eigenvalue weighted by Gasteiger charge is 2.50. The summed E-state index contributed by atoms with van der Waals surface area (Å²) in [6.07, 6.45) is 3.43. The Labute approximate surface area is 183 Å². The quantitative estimate of drug-likeness (QED) is 0.624. The molecule has 2 unspecified atom stereocenters. The van der Waals surface area contributed by atoms with Crippen molar-refractivity contribution in [2.75, 3.05) is 6.54 Å². The van der Waals surface area contributed by atoms with E-state index in [1.165, 1.54) is 17.5 Å². The smallest absolute Gasteiger partial charge is 0.325 e. The van der Waals surface area contributed by atoms with Crippen molar-refractivity contribution in [1.29, 1.82) is 0 Å². The Morgan fingerprint density at radius 3 is 2.53 bits per heavy atom. The molecule has 1 saturated heterocycles. The average molecular weight is 432 g/mol. The zero-order chi connectivity index (χ0) is 22.3. The van der Waals surface area contributed by atoms with Crippen LogP contribution in [0.25, 0.3) is 0 Å². The molecule has 162 valence electrons. The first kappa shape index (κ1) is 19.8. The number of hydrazone groups is 1. The summed E-state index contributed by atoms with van der Waals surface area (Å²) in [5.41, 5.74) is -0.0238. The standard InChI is InChI=1S/C23H20N4O5/c1-23(15-7-3-2-4-8-15)21(29)26(22(30)24-23)14-20(28)27-17(19-10-6-12-32-19)13-16(25-27)18-9-5-11-31-18/h2-12,17H,13-14H2,1H3,(H,24,30). The maximum atomic E-state index is 13.2. The Morgan fingerprint density at radius 1 is 1.09 bits per heavy atom. The highest BCUT2D eigenvalue weighted by Crippen LogP contribution is 2.34. The van der Waals surface area contributed by atoms with Gasteiger partial charge in [0.1, 0.15) is 35.4 Å². The number of carbonyl (C=O) groups excluding carboxylic acids is 3. The number of nitrogens with zero attached hydrogens (tertiary/aromatic N) is 3. The predicted molar refractivity (Wildman–Crippen MR) is 112 cm³/mol. The Kier molecular flexibility index (Phi) is 4.66. The van der Waals surface area contributed by atoms with Crippen molar-refractivity contribution in [2.24, 2.45) is 5.10 Å². The first-order valence-corrected chi connectivity index (χ1v) is 10.1. The number of urea groups is 1. The van der Waals surface area contributed by atoms with Crippen LogP contribution in [-0.2, 0) is 15.1 Å². The lowest BCUT2D eigenvalue weighted by molar-refractivity contribution is -0.140. The monoisotopic (exact) mass is 432 g/mol. The fourth-order valence-corrected chi connectivity index (χ4v) is 4.05. The minimum absolute atomic E-state index is 0.384. The van der Waals surface area contributed by atoms with Gasteiger partial charge in [-0.15, -0.1) is 0 Å². The van der Waals surface area contributed by atoms with Gasteiger partial charge in [0.2, 0.25) is 0 Å². The van der Waals surface area contributed by atoms with Crippen molar-refractivity contribution in [3.05, 3.63) is 84.2 Å². The lowest BCUT2D eigenvalue weighted by atomic mass is 9.92. The first-order valence-electron chi connectivity index (χ1n) is 10.1. The molecule has 0 spiro atoms. The Balaban J connectivity index is 1.40. The van der Waals surface area contributed by atoms with Gasteiger partial charge in [0.15, 0.2) is 0 Å². The molecular weight excluding hydrogens is 412 g/mol. The number of rotatable bonds is 5. The summed E-state index contributed by atoms with van der Waals surface area (Å²) in [7, 11) is 0. The van der Waals surface area contributed by atoms with Crippen molar-refractivity contribution < 1.29 is 23.2 Å². The molecule has 3 aromatic rings. The molecule has 1 N–H and O–H groups in total. The Hall–Kier alpha value is -4.14. The largest absolute Gasteiger partial charge is 0.467 e. The van der Waals surface area contributed by atoms with Gasteiger partial charge in [-0.3, -0.25) is 14.5 Å². The molecule has 4 heterocycles. The molecule has 0 radical (unpaired) electrons. The molecule has 2 aliphatic rings. The molecule has 32 heavy (non-hydrogen) atoms. The van der Waals surface area contributed by atoms with Gasteiger partial charge in [0.05, 0.1) is 12.5 Å². The summed E-state index contributed by atoms with van der Waals surface area (Å²) >= 11 is 0. The molecule has 4 amide bonds. The van der Waals surface area contributed by atoms with E-state index in [4.69, 9.17) is 8.83 Å². The van der Waals surface area contributed by atoms with Gasteiger partial charge in [-0.05, 0) is 36.8 Å². The number of nitrogens with one attached hydrogen (secondary N) is 1. The van der Waals surface area contributed by atoms with Gasteiger partial charge >= 0.3 is 6.03 Å². The SMILES string of the molecule is CC1(c2ccccc2)NC(=O)N(CC(=O)N2N=C(c3ccco3)CC2c2ccco2)C1=O. The number of benzene rings is 1. The first-order chi connectivity index (χ1) is 15.5. The van der Waals surface area contributed by atoms with Gasteiger partial charge < -0.3 is 14.2 Å². The van der Waals surface area contributed by atoms with Crippen LogP contribution in [0.3, 0.4) is 0 Å². The highest BCUT2D eigenvalue weighted by molar-refractivity contribution is 6.09. The molecule has 2 atom stereocenters. The van der Waals surface area contributed by atoms with E-state index < -0.39 is 36.0 Å². The molecule has 1 fully saturated rings. The predicted octanol–water partition coefficient (Wildman–Crippen LogP) is 3.02. The molecular formula is C23H20N4O5. The third-order valence-electron chi connectivity index (χ3n) is 5.76. The zero-order valence-electron chi connectivity index (χ0n) is 17.2. The van der Waals surface area contributed by atoms with E-state index in [1.807, 2.05) is 6.07 Å². The van der Waals surface area contributed by atoms with Crippen LogP contribution in [0.15, 0.2) is 81.1 Å². The zero-order valence-corrected chi connectivity index (χ0v) is 17.2. The molecule has 9 nitrogen and oxygen atoms in total. The van der Waals surface area contributed by atoms with E-state index in [-0.39, 0.29) is 0 Å². The van der Waals surface area contributed by atoms with Crippen molar-refractivity contribution in [2.45, 2.75) is 24.9 Å². The fourth-order valence-electron chi connectivity index (χ4n) is 4.05. The van der Waals surface area contributed by atoms with Crippen LogP contribution in [0.4, 0.5) is 4.79 Å². The van der Waals surface area contributed by atoms with Crippen molar-refractivity contribution >= 4 is 23.6 Å². The van der Waals surface area contributed by atoms with Crippen LogP contribution in [0, 0.1) is 0 Å². The summed E-state index contributed by atoms with van der Waals surface area (Å²) < 4.78 is 10.9. The number of carbonyl (C=O) groups is 3. The van der Waals surface area contributed by atoms with Gasteiger partial charge in [0, 0.05) is 6.42 Å². The summed E-state index contributed by atoms with van der Waals surface area (Å²) in [6, 6.07) is 14.8. The van der Waals surface area contributed by atoms with Gasteiger partial charge in [-0.2, -0.15) is 5.10 Å². The van der Waals surface area contributed by atoms with Gasteiger partial charge in [-0.1, -0.05) is 30.3 Å². The maximum Gasteiger partial charge on any atom is 0.325 e. The molecule has 0 bridgehead atoms. The molecule has 0 saturated carbocycles. The van der Waals surface area contributed by atoms with E-state index in [1.54, 1.807) is 55.5 Å². The highest BCUT2D eigenvalue weighted by atomic mass is 16.3. The van der Waals surface area contributed by atoms with E-state index in [0.29, 0.717) is 29.2 Å². The van der Waals surface area contributed by atoms with Gasteiger partial charge in [0.25, 0.3) is 11.8 Å². The number of hydrogen-bond acceptors (Lipinski definition) is 6. The number of hydrogen-bond donors (Lipinski definition) is 1. The maximum absolute atomic E-state index is 13.2. The molecule has 5 rings (SSSR count). The van der Waals surface area contributed by atoms with Crippen LogP contribution in [-0.4, -0.2) is 40.0 Å². The van der Waals surface area contributed by atoms with Crippen LogP contribution in [0.1, 0.15) is 36.5 Å². The molecule has 1 aromatic carbocycles. The topological polar surface area (TPSA) is 108 Å². The van der Waals surface area contributed by atoms with Crippen LogP contribution in [0.5, 0.6) is 0 Å². The van der Waals surface area contributed by atoms with E-state index in [2.05, 4.69) is 10.4 Å². The third-order valence-corrected chi connectivity index (χ3v) is 5.76. The number of furan rings is 2. The molecule has 0 aliphatic carbocycles. The Bertz CT molecular complexity index is 1190. The third kappa shape index (κ3) is 3.18. The molecule has 2 aromatic heterocycles. The second-order valence-corrected chi connectivity index (χ2v) is 7.81. The number of amides is 4. The average Bonchev–Trinajstić information content (AvgIpc) is 3.58. The molecule has 2 aliphatic heterocycles. The second kappa shape index (κ2) is 7.52. The van der Waals surface area contributed by atoms with E-state index >= 15 is 0 Å². The minimum Gasteiger partial charge on any atom is -0.467 e. The normalized spacial score (nSPS) is 22.9. The Morgan fingerprint density at radius 2 is 1.84 bits per heavy atom. The van der Waals surface area contributed by atoms with Crippen molar-refractivity contribution in [3.8, 4) is 0 Å². The van der Waals surface area contributed by atoms with E-state index in [9.17, 15) is 14.4 Å². The molecule has 9 heteroatoms. The summed E-state index contributed by atoms with van der Waals surface area (Å²) in [6.45, 7) is 1.18. The minimum atomic E-state index is -1.24. The summed E-state index contributed by atoms with van der Waals surface area (Å²) in [4.78, 5) is 40.0. The lowest BCUT2D eigenvalue weighted by Crippen LogP contribution is -2.43. The van der Waals surface area contributed by atoms with Crippen LogP contribution >= 0.6 is 0 Å². The van der Waals surface area contributed by atoms with Crippen LogP contribution in [0.2, 0.25) is 0 Å². The summed E-state index contributed by atoms with van der Waals surface area (Å²) in [5, 5.41) is 8.40. The van der Waals surface area contributed by atoms with Crippen molar-refractivity contribution in [1.82, 2.24) is 15.2 Å². The fraction of sp³-hybridized carbons (Fsp3) is 0.217. The number of imide groups is 1. The van der Waals surface area contributed by atoms with E-state index in [0.717, 1.165) is 4.90 Å². The van der Waals surface area contributed by atoms with Crippen molar-refractivity contribution in [3.63, 3.8) is 0 Å². The second-order valence-electron chi connectivity index (χ2n) is 7.81. The summed E-state index contributed by atoms with van der Waals surface area (Å²) in [5.74, 6) is 0.0956. The van der Waals surface area contributed by atoms with Crippen LogP contribution < -0.4 is 5.32 Å². The lowest BCUT2D eigenvalue weighted by Gasteiger charge is -2.24.